The topological polar surface area (TPSA) is 54.5 Å². The Morgan fingerprint density at radius 3 is 2.15 bits per heavy atom. The van der Waals surface area contributed by atoms with E-state index in [1.165, 1.54) is 33.0 Å². The predicted octanol–water partition coefficient (Wildman–Crippen LogP) is 11.9. The van der Waals surface area contributed by atoms with Crippen LogP contribution in [-0.2, 0) is 5.41 Å². The summed E-state index contributed by atoms with van der Waals surface area (Å²) in [7, 11) is 0. The van der Waals surface area contributed by atoms with Gasteiger partial charge in [-0.25, -0.2) is 9.97 Å². The van der Waals surface area contributed by atoms with Gasteiger partial charge in [0.2, 0.25) is 0 Å². The second-order valence-electron chi connectivity index (χ2n) is 14.1. The summed E-state index contributed by atoms with van der Waals surface area (Å²) in [5.41, 5.74) is 14.8. The van der Waals surface area contributed by atoms with Crippen molar-refractivity contribution in [3.05, 3.63) is 174 Å². The lowest BCUT2D eigenvalue weighted by atomic mass is 9.82. The summed E-state index contributed by atoms with van der Waals surface area (Å²) >= 11 is 0. The summed E-state index contributed by atoms with van der Waals surface area (Å²) < 4.78 is 2.39. The maximum absolute atomic E-state index is 9.83. The highest BCUT2D eigenvalue weighted by Gasteiger charge is 2.37. The third-order valence-corrected chi connectivity index (χ3v) is 10.8. The van der Waals surface area contributed by atoms with E-state index in [0.29, 0.717) is 11.4 Å². The largest absolute Gasteiger partial charge is 0.309 e. The molecule has 2 heterocycles. The van der Waals surface area contributed by atoms with Crippen LogP contribution in [-0.4, -0.2) is 14.5 Å². The first kappa shape index (κ1) is 30.0. The van der Waals surface area contributed by atoms with Gasteiger partial charge < -0.3 is 4.57 Å². The molecule has 9 aromatic rings. The van der Waals surface area contributed by atoms with Crippen LogP contribution in [0.4, 0.5) is 0 Å². The molecule has 0 fully saturated rings. The Kier molecular flexibility index (Phi) is 6.55. The van der Waals surface area contributed by atoms with Crippen LogP contribution in [0.5, 0.6) is 0 Å². The molecule has 4 heteroatoms. The summed E-state index contributed by atoms with van der Waals surface area (Å²) in [6.07, 6.45) is 0. The fourth-order valence-corrected chi connectivity index (χ4v) is 8.36. The average molecular weight is 665 g/mol. The smallest absolute Gasteiger partial charge is 0.160 e. The summed E-state index contributed by atoms with van der Waals surface area (Å²) in [5, 5.41) is 13.3. The molecule has 1 aliphatic rings. The fourth-order valence-electron chi connectivity index (χ4n) is 8.36. The predicted molar refractivity (Wildman–Crippen MR) is 212 cm³/mol. The van der Waals surface area contributed by atoms with Crippen LogP contribution in [0.15, 0.2) is 158 Å². The first-order valence-corrected chi connectivity index (χ1v) is 17.6. The molecule has 0 atom stereocenters. The van der Waals surface area contributed by atoms with Gasteiger partial charge in [-0.3, -0.25) is 0 Å². The van der Waals surface area contributed by atoms with E-state index >= 15 is 0 Å². The third-order valence-electron chi connectivity index (χ3n) is 10.8. The molecule has 0 N–H and O–H groups in total. The standard InChI is InChI=1S/C48H32N4/c1-48(2)39-20-9-6-17-36(39)44-40(48)23-24-43-45(44)38-19-8-11-22-42(38)52(43)35-27-33(32-16-12-13-30(25-32)29-49)26-34(28-35)47-50-41-21-10-7-18-37(41)46(51-47)31-14-4-3-5-15-31/h3-28H,1-2H3. The van der Waals surface area contributed by atoms with Crippen LogP contribution in [0.2, 0.25) is 0 Å². The lowest BCUT2D eigenvalue weighted by Crippen LogP contribution is -2.14. The van der Waals surface area contributed by atoms with Crippen molar-refractivity contribution in [2.75, 3.05) is 0 Å². The normalized spacial score (nSPS) is 12.9. The van der Waals surface area contributed by atoms with E-state index in [2.05, 4.69) is 134 Å². The molecular formula is C48H32N4. The number of rotatable bonds is 4. The van der Waals surface area contributed by atoms with Crippen molar-refractivity contribution in [1.82, 2.24) is 14.5 Å². The second kappa shape index (κ2) is 11.3. The van der Waals surface area contributed by atoms with Gasteiger partial charge in [0.25, 0.3) is 0 Å². The molecule has 0 spiro atoms. The fraction of sp³-hybridized carbons (Fsp3) is 0.0625. The highest BCUT2D eigenvalue weighted by molar-refractivity contribution is 6.18. The Balaban J connectivity index is 1.29. The average Bonchev–Trinajstić information content (AvgIpc) is 3.66. The summed E-state index contributed by atoms with van der Waals surface area (Å²) in [6, 6.07) is 57.5. The van der Waals surface area contributed by atoms with Gasteiger partial charge in [-0.05, 0) is 81.9 Å². The van der Waals surface area contributed by atoms with Gasteiger partial charge >= 0.3 is 0 Å². The number of hydrogen-bond donors (Lipinski definition) is 0. The van der Waals surface area contributed by atoms with E-state index in [9.17, 15) is 5.26 Å². The van der Waals surface area contributed by atoms with Crippen molar-refractivity contribution in [1.29, 1.82) is 5.26 Å². The van der Waals surface area contributed by atoms with Crippen molar-refractivity contribution < 1.29 is 0 Å². The molecule has 4 nitrogen and oxygen atoms in total. The monoisotopic (exact) mass is 664 g/mol. The molecular weight excluding hydrogens is 633 g/mol. The lowest BCUT2D eigenvalue weighted by molar-refractivity contribution is 0.661. The Morgan fingerprint density at radius 2 is 1.29 bits per heavy atom. The van der Waals surface area contributed by atoms with Crippen LogP contribution in [0.3, 0.4) is 0 Å². The van der Waals surface area contributed by atoms with Crippen molar-refractivity contribution in [2.45, 2.75) is 19.3 Å². The zero-order valence-corrected chi connectivity index (χ0v) is 28.8. The molecule has 0 saturated carbocycles. The van der Waals surface area contributed by atoms with E-state index in [1.54, 1.807) is 0 Å². The minimum Gasteiger partial charge on any atom is -0.309 e. The quantitative estimate of drug-likeness (QED) is 0.188. The van der Waals surface area contributed by atoms with Crippen LogP contribution >= 0.6 is 0 Å². The van der Waals surface area contributed by atoms with Gasteiger partial charge in [0.15, 0.2) is 5.82 Å². The van der Waals surface area contributed by atoms with Crippen molar-refractivity contribution in [3.63, 3.8) is 0 Å². The number of aromatic nitrogens is 3. The van der Waals surface area contributed by atoms with Crippen molar-refractivity contribution in [3.8, 4) is 56.7 Å². The van der Waals surface area contributed by atoms with Gasteiger partial charge in [-0.2, -0.15) is 5.26 Å². The highest BCUT2D eigenvalue weighted by atomic mass is 15.0. The van der Waals surface area contributed by atoms with Crippen LogP contribution in [0.25, 0.3) is 83.3 Å². The molecule has 0 amide bonds. The molecule has 1 aliphatic carbocycles. The minimum atomic E-state index is -0.105. The first-order chi connectivity index (χ1) is 25.5. The number of para-hydroxylation sites is 2. The molecule has 0 bridgehead atoms. The molecule has 10 rings (SSSR count). The van der Waals surface area contributed by atoms with E-state index in [-0.39, 0.29) is 5.41 Å². The van der Waals surface area contributed by atoms with Crippen LogP contribution < -0.4 is 0 Å². The second-order valence-corrected chi connectivity index (χ2v) is 14.1. The van der Waals surface area contributed by atoms with Crippen molar-refractivity contribution in [2.24, 2.45) is 0 Å². The van der Waals surface area contributed by atoms with Crippen LogP contribution in [0.1, 0.15) is 30.5 Å². The molecule has 7 aromatic carbocycles. The zero-order chi connectivity index (χ0) is 35.0. The molecule has 0 aliphatic heterocycles. The highest BCUT2D eigenvalue weighted by Crippen LogP contribution is 2.53. The van der Waals surface area contributed by atoms with Gasteiger partial charge in [-0.1, -0.05) is 123 Å². The number of nitrogens with zero attached hydrogens (tertiary/aromatic N) is 4. The Hall–Kier alpha value is -6.83. The Labute approximate surface area is 301 Å². The molecule has 2 aromatic heterocycles. The molecule has 0 radical (unpaired) electrons. The van der Waals surface area contributed by atoms with Gasteiger partial charge in [0.1, 0.15) is 0 Å². The molecule has 0 unspecified atom stereocenters. The number of hydrogen-bond acceptors (Lipinski definition) is 3. The maximum Gasteiger partial charge on any atom is 0.160 e. The molecule has 0 saturated heterocycles. The maximum atomic E-state index is 9.83. The summed E-state index contributed by atoms with van der Waals surface area (Å²) in [4.78, 5) is 10.4. The summed E-state index contributed by atoms with van der Waals surface area (Å²) in [6.45, 7) is 4.67. The molecule has 244 valence electrons. The first-order valence-electron chi connectivity index (χ1n) is 17.6. The van der Waals surface area contributed by atoms with Crippen LogP contribution in [0, 0.1) is 11.3 Å². The number of fused-ring (bicyclic) bond motifs is 8. The minimum absolute atomic E-state index is 0.105. The number of benzene rings is 7. The van der Waals surface area contributed by atoms with E-state index in [4.69, 9.17) is 9.97 Å². The van der Waals surface area contributed by atoms with Gasteiger partial charge in [0.05, 0.1) is 33.9 Å². The van der Waals surface area contributed by atoms with E-state index < -0.39 is 0 Å². The zero-order valence-electron chi connectivity index (χ0n) is 28.8. The Bertz CT molecular complexity index is 2940. The van der Waals surface area contributed by atoms with E-state index in [1.807, 2.05) is 48.5 Å². The number of nitriles is 1. The van der Waals surface area contributed by atoms with Gasteiger partial charge in [0, 0.05) is 38.4 Å². The lowest BCUT2D eigenvalue weighted by Gasteiger charge is -2.21. The molecule has 52 heavy (non-hydrogen) atoms. The SMILES string of the molecule is CC1(C)c2ccccc2-c2c1ccc1c2c2ccccc2n1-c1cc(-c2cccc(C#N)c2)cc(-c2nc(-c3ccccc3)c3ccccc3n2)c1. The van der Waals surface area contributed by atoms with Crippen molar-refractivity contribution >= 4 is 32.7 Å². The third kappa shape index (κ3) is 4.46. The Morgan fingerprint density at radius 1 is 0.558 bits per heavy atom. The van der Waals surface area contributed by atoms with Gasteiger partial charge in [-0.15, -0.1) is 0 Å². The van der Waals surface area contributed by atoms with E-state index in [0.717, 1.165) is 55.6 Å². The summed E-state index contributed by atoms with van der Waals surface area (Å²) in [5.74, 6) is 0.648.